The Balaban J connectivity index is 1.64. The monoisotopic (exact) mass is 280 g/mol. The van der Waals surface area contributed by atoms with Crippen LogP contribution in [0.4, 0.5) is 5.69 Å². The summed E-state index contributed by atoms with van der Waals surface area (Å²) in [5.74, 6) is 1.03. The molecule has 0 saturated carbocycles. The van der Waals surface area contributed by atoms with Crippen molar-refractivity contribution >= 4 is 16.8 Å². The molecule has 0 aliphatic heterocycles. The van der Waals surface area contributed by atoms with Crippen molar-refractivity contribution in [2.45, 2.75) is 25.8 Å². The number of aromatic hydroxyl groups is 1. The molecule has 0 bridgehead atoms. The van der Waals surface area contributed by atoms with Crippen molar-refractivity contribution in [3.8, 4) is 5.75 Å². The van der Waals surface area contributed by atoms with Gasteiger partial charge in [0.25, 0.3) is 0 Å². The van der Waals surface area contributed by atoms with Crippen LogP contribution in [0.3, 0.4) is 0 Å². The summed E-state index contributed by atoms with van der Waals surface area (Å²) in [6.07, 6.45) is 2.03. The predicted octanol–water partition coefficient (Wildman–Crippen LogP) is 3.94. The zero-order valence-corrected chi connectivity index (χ0v) is 11.8. The van der Waals surface area contributed by atoms with Gasteiger partial charge in [0.15, 0.2) is 11.5 Å². The number of nitrogens with zero attached hydrogens (tertiary/aromatic N) is 1. The Kier molecular flexibility index (Phi) is 2.64. The van der Waals surface area contributed by atoms with E-state index in [1.54, 1.807) is 6.07 Å². The highest BCUT2D eigenvalue weighted by molar-refractivity contribution is 5.77. The van der Waals surface area contributed by atoms with Crippen LogP contribution in [-0.4, -0.2) is 10.1 Å². The smallest absolute Gasteiger partial charge is 0.192 e. The molecule has 0 amide bonds. The SMILES string of the molecule is Cc1nc2cc(NC3CCc4cc(O)ccc43)ccc2o1. The van der Waals surface area contributed by atoms with Gasteiger partial charge in [-0.3, -0.25) is 0 Å². The van der Waals surface area contributed by atoms with E-state index in [9.17, 15) is 5.11 Å². The average molecular weight is 280 g/mol. The molecular formula is C17H16N2O2. The third-order valence-corrected chi connectivity index (χ3v) is 4.04. The Hall–Kier alpha value is -2.49. The predicted molar refractivity (Wildman–Crippen MR) is 81.5 cm³/mol. The van der Waals surface area contributed by atoms with Gasteiger partial charge >= 0.3 is 0 Å². The highest BCUT2D eigenvalue weighted by Crippen LogP contribution is 2.36. The second-order valence-corrected chi connectivity index (χ2v) is 5.53. The molecule has 106 valence electrons. The van der Waals surface area contributed by atoms with Crippen LogP contribution in [0.1, 0.15) is 29.5 Å². The molecular weight excluding hydrogens is 264 g/mol. The number of benzene rings is 2. The first kappa shape index (κ1) is 12.3. The lowest BCUT2D eigenvalue weighted by molar-refractivity contribution is 0.474. The lowest BCUT2D eigenvalue weighted by Crippen LogP contribution is -2.06. The van der Waals surface area contributed by atoms with Gasteiger partial charge in [0.05, 0.1) is 6.04 Å². The minimum atomic E-state index is 0.283. The van der Waals surface area contributed by atoms with Gasteiger partial charge in [-0.2, -0.15) is 0 Å². The molecule has 1 aliphatic carbocycles. The Morgan fingerprint density at radius 1 is 1.24 bits per heavy atom. The van der Waals surface area contributed by atoms with E-state index < -0.39 is 0 Å². The van der Waals surface area contributed by atoms with Gasteiger partial charge in [-0.15, -0.1) is 0 Å². The number of anilines is 1. The van der Waals surface area contributed by atoms with Crippen LogP contribution in [0.15, 0.2) is 40.8 Å². The van der Waals surface area contributed by atoms with Crippen molar-refractivity contribution in [3.63, 3.8) is 0 Å². The molecule has 0 fully saturated rings. The average Bonchev–Trinajstić information content (AvgIpc) is 3.01. The summed E-state index contributed by atoms with van der Waals surface area (Å²) < 4.78 is 5.50. The quantitative estimate of drug-likeness (QED) is 0.746. The van der Waals surface area contributed by atoms with Crippen molar-refractivity contribution in [2.24, 2.45) is 0 Å². The highest BCUT2D eigenvalue weighted by atomic mass is 16.3. The van der Waals surface area contributed by atoms with E-state index in [2.05, 4.69) is 10.3 Å². The number of phenolic OH excluding ortho intramolecular Hbond substituents is 1. The van der Waals surface area contributed by atoms with Gasteiger partial charge in [0.1, 0.15) is 11.3 Å². The maximum atomic E-state index is 9.55. The van der Waals surface area contributed by atoms with Crippen molar-refractivity contribution in [1.82, 2.24) is 4.98 Å². The second kappa shape index (κ2) is 4.52. The number of hydrogen-bond donors (Lipinski definition) is 2. The van der Waals surface area contributed by atoms with Crippen LogP contribution in [-0.2, 0) is 6.42 Å². The molecule has 1 heterocycles. The standard InChI is InChI=1S/C17H16N2O2/c1-10-18-16-9-12(3-7-17(16)21-10)19-15-6-2-11-8-13(20)4-5-14(11)15/h3-5,7-9,15,19-20H,2,6H2,1H3. The van der Waals surface area contributed by atoms with Gasteiger partial charge in [0, 0.05) is 12.6 Å². The fourth-order valence-corrected chi connectivity index (χ4v) is 3.09. The normalized spacial score (nSPS) is 17.1. The van der Waals surface area contributed by atoms with Crippen LogP contribution in [0, 0.1) is 6.92 Å². The van der Waals surface area contributed by atoms with Crippen LogP contribution in [0.25, 0.3) is 11.1 Å². The number of phenols is 1. The number of fused-ring (bicyclic) bond motifs is 2. The van der Waals surface area contributed by atoms with E-state index in [-0.39, 0.29) is 6.04 Å². The number of nitrogens with one attached hydrogen (secondary N) is 1. The molecule has 0 radical (unpaired) electrons. The molecule has 4 nitrogen and oxygen atoms in total. The van der Waals surface area contributed by atoms with Gasteiger partial charge in [-0.25, -0.2) is 4.98 Å². The maximum Gasteiger partial charge on any atom is 0.192 e. The van der Waals surface area contributed by atoms with Crippen molar-refractivity contribution in [1.29, 1.82) is 0 Å². The fraction of sp³-hybridized carbons (Fsp3) is 0.235. The molecule has 4 rings (SSSR count). The molecule has 1 aromatic heterocycles. The topological polar surface area (TPSA) is 58.3 Å². The van der Waals surface area contributed by atoms with Gasteiger partial charge in [-0.1, -0.05) is 6.07 Å². The summed E-state index contributed by atoms with van der Waals surface area (Å²) in [5, 5.41) is 13.1. The number of aryl methyl sites for hydroxylation is 2. The summed E-state index contributed by atoms with van der Waals surface area (Å²) in [7, 11) is 0. The van der Waals surface area contributed by atoms with Crippen LogP contribution in [0.2, 0.25) is 0 Å². The van der Waals surface area contributed by atoms with E-state index in [4.69, 9.17) is 4.42 Å². The molecule has 3 aromatic rings. The molecule has 2 N–H and O–H groups in total. The van der Waals surface area contributed by atoms with Crippen LogP contribution < -0.4 is 5.32 Å². The van der Waals surface area contributed by atoms with E-state index in [1.807, 2.05) is 37.3 Å². The summed E-state index contributed by atoms with van der Waals surface area (Å²) in [4.78, 5) is 4.36. The molecule has 21 heavy (non-hydrogen) atoms. The minimum absolute atomic E-state index is 0.283. The maximum absolute atomic E-state index is 9.55. The van der Waals surface area contributed by atoms with Crippen molar-refractivity contribution in [3.05, 3.63) is 53.4 Å². The summed E-state index contributed by atoms with van der Waals surface area (Å²) in [6, 6.07) is 11.9. The Morgan fingerprint density at radius 2 is 2.14 bits per heavy atom. The van der Waals surface area contributed by atoms with E-state index in [0.717, 1.165) is 29.6 Å². The van der Waals surface area contributed by atoms with Gasteiger partial charge in [0.2, 0.25) is 0 Å². The third-order valence-electron chi connectivity index (χ3n) is 4.04. The van der Waals surface area contributed by atoms with E-state index in [0.29, 0.717) is 11.6 Å². The number of hydrogen-bond acceptors (Lipinski definition) is 4. The molecule has 1 unspecified atom stereocenters. The Bertz CT molecular complexity index is 823. The van der Waals surface area contributed by atoms with Crippen LogP contribution >= 0.6 is 0 Å². The first-order valence-electron chi connectivity index (χ1n) is 7.14. The molecule has 4 heteroatoms. The summed E-state index contributed by atoms with van der Waals surface area (Å²) >= 11 is 0. The summed E-state index contributed by atoms with van der Waals surface area (Å²) in [5.41, 5.74) is 5.23. The second-order valence-electron chi connectivity index (χ2n) is 5.53. The lowest BCUT2D eigenvalue weighted by atomic mass is 10.1. The van der Waals surface area contributed by atoms with Crippen molar-refractivity contribution in [2.75, 3.05) is 5.32 Å². The Labute approximate surface area is 122 Å². The zero-order chi connectivity index (χ0) is 14.4. The molecule has 1 atom stereocenters. The lowest BCUT2D eigenvalue weighted by Gasteiger charge is -2.15. The molecule has 0 spiro atoms. The molecule has 2 aromatic carbocycles. The first-order valence-corrected chi connectivity index (χ1v) is 7.14. The van der Waals surface area contributed by atoms with Crippen LogP contribution in [0.5, 0.6) is 5.75 Å². The number of oxazole rings is 1. The highest BCUT2D eigenvalue weighted by Gasteiger charge is 2.22. The molecule has 0 saturated heterocycles. The van der Waals surface area contributed by atoms with Gasteiger partial charge in [-0.05, 0) is 54.3 Å². The van der Waals surface area contributed by atoms with Gasteiger partial charge < -0.3 is 14.8 Å². The fourth-order valence-electron chi connectivity index (χ4n) is 3.09. The minimum Gasteiger partial charge on any atom is -0.508 e. The van der Waals surface area contributed by atoms with E-state index >= 15 is 0 Å². The van der Waals surface area contributed by atoms with Crippen molar-refractivity contribution < 1.29 is 9.52 Å². The number of rotatable bonds is 2. The first-order chi connectivity index (χ1) is 10.2. The largest absolute Gasteiger partial charge is 0.508 e. The number of aromatic nitrogens is 1. The summed E-state index contributed by atoms with van der Waals surface area (Å²) in [6.45, 7) is 1.85. The third kappa shape index (κ3) is 2.13. The molecule has 1 aliphatic rings. The zero-order valence-electron chi connectivity index (χ0n) is 11.8. The Morgan fingerprint density at radius 3 is 3.05 bits per heavy atom. The van der Waals surface area contributed by atoms with E-state index in [1.165, 1.54) is 11.1 Å².